The maximum Gasteiger partial charge on any atom is 0.241 e. The zero-order valence-electron chi connectivity index (χ0n) is 19.7. The van der Waals surface area contributed by atoms with Crippen LogP contribution in [0.1, 0.15) is 41.9 Å². The second kappa shape index (κ2) is 8.68. The molecule has 1 amide bonds. The van der Waals surface area contributed by atoms with Crippen LogP contribution in [-0.2, 0) is 29.0 Å². The Bertz CT molecular complexity index is 1180. The number of imidazole rings is 1. The van der Waals surface area contributed by atoms with E-state index in [0.29, 0.717) is 19.0 Å². The van der Waals surface area contributed by atoms with Gasteiger partial charge in [-0.25, -0.2) is 4.98 Å². The fourth-order valence-electron chi connectivity index (χ4n) is 6.19. The van der Waals surface area contributed by atoms with Crippen LogP contribution in [0.3, 0.4) is 0 Å². The largest absolute Gasteiger partial charge is 0.369 e. The molecule has 176 valence electrons. The Morgan fingerprint density at radius 2 is 2.12 bits per heavy atom. The summed E-state index contributed by atoms with van der Waals surface area (Å²) in [5.41, 5.74) is 4.51. The van der Waals surface area contributed by atoms with Gasteiger partial charge < -0.3 is 14.2 Å². The number of carbonyl (C=O) groups is 1. The van der Waals surface area contributed by atoms with E-state index in [0.717, 1.165) is 68.1 Å². The minimum absolute atomic E-state index is 0.0732. The van der Waals surface area contributed by atoms with E-state index in [1.165, 1.54) is 5.56 Å². The standard InChI is InChI=1S/C27H31N5O2/c1-18-29-14-22-16-30-9-10-31(27(33)17-30)25-4-2-3-20-7-8-23(12-24(20)25)34-26-11-19(15-32(18)22)5-6-21(26)13-28/h2-4,7-8,14,19,21,23,26H,5-6,9-12,15-17H2,1H3. The summed E-state index contributed by atoms with van der Waals surface area (Å²) in [7, 11) is 0. The molecular formula is C27H31N5O2. The van der Waals surface area contributed by atoms with E-state index >= 15 is 0 Å². The van der Waals surface area contributed by atoms with E-state index in [9.17, 15) is 10.1 Å². The number of piperazine rings is 1. The number of hydrogen-bond acceptors (Lipinski definition) is 5. The van der Waals surface area contributed by atoms with Crippen LogP contribution in [0.2, 0.25) is 0 Å². The highest BCUT2D eigenvalue weighted by Gasteiger charge is 2.35. The molecule has 1 aromatic heterocycles. The van der Waals surface area contributed by atoms with Crippen molar-refractivity contribution in [3.8, 4) is 6.07 Å². The molecule has 34 heavy (non-hydrogen) atoms. The number of aryl methyl sites for hydroxylation is 1. The lowest BCUT2D eigenvalue weighted by molar-refractivity contribution is -0.121. The van der Waals surface area contributed by atoms with Crippen molar-refractivity contribution in [2.24, 2.45) is 11.8 Å². The summed E-state index contributed by atoms with van der Waals surface area (Å²) in [4.78, 5) is 22.1. The van der Waals surface area contributed by atoms with Gasteiger partial charge in [-0.3, -0.25) is 9.69 Å². The summed E-state index contributed by atoms with van der Waals surface area (Å²) in [6.45, 7) is 5.61. The molecule has 5 unspecified atom stereocenters. The van der Waals surface area contributed by atoms with Crippen LogP contribution in [0.4, 0.5) is 5.69 Å². The molecule has 3 aliphatic heterocycles. The molecule has 0 N–H and O–H groups in total. The molecule has 5 atom stereocenters. The molecule has 0 spiro atoms. The Morgan fingerprint density at radius 1 is 1.21 bits per heavy atom. The van der Waals surface area contributed by atoms with Crippen LogP contribution in [0, 0.1) is 30.1 Å². The third kappa shape index (κ3) is 3.85. The Kier molecular flexibility index (Phi) is 5.51. The first-order valence-electron chi connectivity index (χ1n) is 12.5. The van der Waals surface area contributed by atoms with Crippen LogP contribution < -0.4 is 4.90 Å². The van der Waals surface area contributed by atoms with Crippen molar-refractivity contribution in [2.75, 3.05) is 24.5 Å². The van der Waals surface area contributed by atoms with Crippen molar-refractivity contribution < 1.29 is 9.53 Å². The first-order valence-corrected chi connectivity index (χ1v) is 12.5. The summed E-state index contributed by atoms with van der Waals surface area (Å²) in [6.07, 6.45) is 9.59. The monoisotopic (exact) mass is 457 g/mol. The van der Waals surface area contributed by atoms with Gasteiger partial charge in [0.1, 0.15) is 5.82 Å². The third-order valence-electron chi connectivity index (χ3n) is 8.05. The number of carbonyl (C=O) groups excluding carboxylic acids is 1. The predicted molar refractivity (Wildman–Crippen MR) is 129 cm³/mol. The minimum atomic E-state index is -0.0805. The van der Waals surface area contributed by atoms with Gasteiger partial charge in [-0.15, -0.1) is 0 Å². The van der Waals surface area contributed by atoms with Crippen molar-refractivity contribution in [3.05, 3.63) is 53.1 Å². The lowest BCUT2D eigenvalue weighted by Gasteiger charge is -2.38. The molecule has 2 fully saturated rings. The highest BCUT2D eigenvalue weighted by atomic mass is 16.5. The number of amides is 1. The van der Waals surface area contributed by atoms with Crippen molar-refractivity contribution in [1.29, 1.82) is 5.26 Å². The molecule has 2 aliphatic carbocycles. The summed E-state index contributed by atoms with van der Waals surface area (Å²) in [5, 5.41) is 9.83. The maximum atomic E-state index is 13.3. The number of rotatable bonds is 0. The van der Waals surface area contributed by atoms with Crippen LogP contribution in [0.15, 0.2) is 30.5 Å². The van der Waals surface area contributed by atoms with Crippen LogP contribution in [-0.4, -0.2) is 52.2 Å². The number of anilines is 1. The van der Waals surface area contributed by atoms with Gasteiger partial charge in [0.05, 0.1) is 36.4 Å². The maximum absolute atomic E-state index is 13.3. The summed E-state index contributed by atoms with van der Waals surface area (Å²) in [6, 6.07) is 8.74. The highest BCUT2D eigenvalue weighted by Crippen LogP contribution is 2.36. The van der Waals surface area contributed by atoms with Gasteiger partial charge in [-0.05, 0) is 49.3 Å². The third-order valence-corrected chi connectivity index (χ3v) is 8.05. The van der Waals surface area contributed by atoms with Crippen molar-refractivity contribution in [2.45, 2.75) is 57.9 Å². The summed E-state index contributed by atoms with van der Waals surface area (Å²) in [5.74, 6) is 1.53. The average Bonchev–Trinajstić information content (AvgIpc) is 3.17. The average molecular weight is 458 g/mol. The SMILES string of the molecule is Cc1ncc2n1CC1CCC(C#N)C(C1)OC1C=Cc3cccc(c3C1)N1CCN(CC1=O)C2. The predicted octanol–water partition coefficient (Wildman–Crippen LogP) is 3.32. The van der Waals surface area contributed by atoms with E-state index in [4.69, 9.17) is 4.74 Å². The Hall–Kier alpha value is -2.95. The quantitative estimate of drug-likeness (QED) is 0.607. The van der Waals surface area contributed by atoms with Crippen LogP contribution in [0.25, 0.3) is 6.08 Å². The number of aromatic nitrogens is 2. The minimum Gasteiger partial charge on any atom is -0.369 e. The fraction of sp³-hybridized carbons (Fsp3) is 0.519. The topological polar surface area (TPSA) is 74.4 Å². The zero-order chi connectivity index (χ0) is 23.2. The molecule has 2 aromatic rings. The van der Waals surface area contributed by atoms with Gasteiger partial charge in [-0.2, -0.15) is 5.26 Å². The van der Waals surface area contributed by atoms with Gasteiger partial charge in [0.25, 0.3) is 0 Å². The molecule has 1 aromatic carbocycles. The first kappa shape index (κ1) is 21.6. The van der Waals surface area contributed by atoms with Gasteiger partial charge in [0.15, 0.2) is 0 Å². The van der Waals surface area contributed by atoms with E-state index in [1.807, 2.05) is 17.2 Å². The van der Waals surface area contributed by atoms with Crippen molar-refractivity contribution in [3.63, 3.8) is 0 Å². The molecular weight excluding hydrogens is 426 g/mol. The lowest BCUT2D eigenvalue weighted by atomic mass is 9.80. The molecule has 6 bridgehead atoms. The number of nitriles is 1. The second-order valence-corrected chi connectivity index (χ2v) is 10.2. The molecule has 1 saturated heterocycles. The van der Waals surface area contributed by atoms with Crippen molar-refractivity contribution >= 4 is 17.7 Å². The number of nitrogens with zero attached hydrogens (tertiary/aromatic N) is 5. The second-order valence-electron chi connectivity index (χ2n) is 10.2. The smallest absolute Gasteiger partial charge is 0.241 e. The molecule has 0 radical (unpaired) electrons. The zero-order valence-corrected chi connectivity index (χ0v) is 19.7. The number of hydrogen-bond donors (Lipinski definition) is 0. The van der Waals surface area contributed by atoms with E-state index in [-0.39, 0.29) is 24.0 Å². The van der Waals surface area contributed by atoms with Crippen LogP contribution in [0.5, 0.6) is 0 Å². The van der Waals surface area contributed by atoms with E-state index < -0.39 is 0 Å². The first-order chi connectivity index (χ1) is 16.6. The van der Waals surface area contributed by atoms with Gasteiger partial charge in [-0.1, -0.05) is 24.3 Å². The lowest BCUT2D eigenvalue weighted by Crippen LogP contribution is -2.50. The normalized spacial score (nSPS) is 30.6. The summed E-state index contributed by atoms with van der Waals surface area (Å²) < 4.78 is 8.95. The molecule has 7 rings (SSSR count). The van der Waals surface area contributed by atoms with Gasteiger partial charge in [0.2, 0.25) is 5.91 Å². The number of fused-ring (bicyclic) bond motifs is 2. The number of benzene rings is 1. The molecule has 7 heteroatoms. The van der Waals surface area contributed by atoms with E-state index in [2.05, 4.69) is 51.7 Å². The molecule has 1 saturated carbocycles. The van der Waals surface area contributed by atoms with E-state index in [1.54, 1.807) is 0 Å². The highest BCUT2D eigenvalue weighted by molar-refractivity contribution is 5.97. The van der Waals surface area contributed by atoms with Crippen LogP contribution >= 0.6 is 0 Å². The Balaban J connectivity index is 1.39. The fourth-order valence-corrected chi connectivity index (χ4v) is 6.19. The molecule has 7 nitrogen and oxygen atoms in total. The summed E-state index contributed by atoms with van der Waals surface area (Å²) >= 11 is 0. The Labute approximate surface area is 200 Å². The van der Waals surface area contributed by atoms with Crippen molar-refractivity contribution in [1.82, 2.24) is 14.5 Å². The van der Waals surface area contributed by atoms with Gasteiger partial charge >= 0.3 is 0 Å². The number of ether oxygens (including phenoxy) is 1. The molecule has 5 aliphatic rings. The van der Waals surface area contributed by atoms with Gasteiger partial charge in [0, 0.05) is 44.5 Å². The Morgan fingerprint density at radius 3 is 2.97 bits per heavy atom. The molecule has 4 heterocycles.